The number of nitro benzene ring substituents is 1. The first-order chi connectivity index (χ1) is 14.0. The third-order valence-corrected chi connectivity index (χ3v) is 4.61. The molecule has 0 aliphatic carbocycles. The molecule has 0 aliphatic rings. The number of nitrogens with zero attached hydrogens (tertiary/aromatic N) is 1. The molecule has 2 aromatic rings. The maximum absolute atomic E-state index is 10.6. The molecule has 0 spiro atoms. The highest BCUT2D eigenvalue weighted by Crippen LogP contribution is 2.13. The molecule has 0 bridgehead atoms. The summed E-state index contributed by atoms with van der Waals surface area (Å²) in [6.45, 7) is 8.27. The first-order valence-electron chi connectivity index (χ1n) is 10.3. The summed E-state index contributed by atoms with van der Waals surface area (Å²) in [7, 11) is 0. The Morgan fingerprint density at radius 2 is 1.48 bits per heavy atom. The van der Waals surface area contributed by atoms with Crippen molar-refractivity contribution in [2.45, 2.75) is 46.0 Å². The van der Waals surface area contributed by atoms with Crippen LogP contribution in [0.2, 0.25) is 0 Å². The van der Waals surface area contributed by atoms with E-state index in [1.807, 2.05) is 12.1 Å². The van der Waals surface area contributed by atoms with Crippen LogP contribution in [0.1, 0.15) is 55.5 Å². The van der Waals surface area contributed by atoms with Crippen LogP contribution in [0.5, 0.6) is 0 Å². The zero-order valence-corrected chi connectivity index (χ0v) is 17.4. The topological polar surface area (TPSA) is 87.7 Å². The molecule has 0 saturated heterocycles. The van der Waals surface area contributed by atoms with Gasteiger partial charge in [-0.25, -0.2) is 0 Å². The van der Waals surface area contributed by atoms with Crippen molar-refractivity contribution in [3.8, 4) is 0 Å². The summed E-state index contributed by atoms with van der Waals surface area (Å²) in [5.74, 6) is -1.13. The molecule has 0 radical (unpaired) electrons. The average Bonchev–Trinajstić information content (AvgIpc) is 2.73. The summed E-state index contributed by atoms with van der Waals surface area (Å²) in [5.41, 5.74) is 1.59. The van der Waals surface area contributed by atoms with Gasteiger partial charge in [0, 0.05) is 12.1 Å². The number of unbranched alkanes of at least 4 members (excludes halogenated alkanes) is 1. The first kappa shape index (κ1) is 24.3. The fourth-order valence-electron chi connectivity index (χ4n) is 3.14. The lowest BCUT2D eigenvalue weighted by molar-refractivity contribution is -0.900. The lowest BCUT2D eigenvalue weighted by atomic mass is 10.1. The number of hydrogen-bond donors (Lipinski definition) is 1. The molecule has 6 heteroatoms. The summed E-state index contributed by atoms with van der Waals surface area (Å²) in [5, 5.41) is 20.7. The van der Waals surface area contributed by atoms with E-state index in [9.17, 15) is 20.0 Å². The van der Waals surface area contributed by atoms with Crippen molar-refractivity contribution in [3.63, 3.8) is 0 Å². The van der Waals surface area contributed by atoms with E-state index in [4.69, 9.17) is 0 Å². The molecule has 0 aromatic heterocycles. The molecule has 6 nitrogen and oxygen atoms in total. The quantitative estimate of drug-likeness (QED) is 0.357. The van der Waals surface area contributed by atoms with Crippen molar-refractivity contribution in [2.75, 3.05) is 19.6 Å². The van der Waals surface area contributed by atoms with Gasteiger partial charge in [-0.1, -0.05) is 56.3 Å². The molecule has 2 rings (SSSR count). The summed E-state index contributed by atoms with van der Waals surface area (Å²) in [6, 6.07) is 15.0. The van der Waals surface area contributed by atoms with Crippen LogP contribution in [-0.4, -0.2) is 30.5 Å². The zero-order valence-electron chi connectivity index (χ0n) is 17.4. The largest absolute Gasteiger partial charge is 0.545 e. The van der Waals surface area contributed by atoms with Crippen LogP contribution in [0.4, 0.5) is 5.69 Å². The van der Waals surface area contributed by atoms with E-state index in [0.717, 1.165) is 12.8 Å². The summed E-state index contributed by atoms with van der Waals surface area (Å²) >= 11 is 0. The standard InChI is InChI=1S/C16H26N2O2.C7H6O2/c1-3-12-17(13-4-2)14-6-5-7-15-8-10-16(11-9-15)18(19)20;8-7(9)6-4-2-1-3-5-6/h8-11H,3-7,12-14H2,1-2H3;1-5H,(H,8,9). The molecule has 1 N–H and O–H groups in total. The third-order valence-electron chi connectivity index (χ3n) is 4.61. The molecular weight excluding hydrogens is 368 g/mol. The Kier molecular flexibility index (Phi) is 12.0. The molecule has 29 heavy (non-hydrogen) atoms. The fraction of sp³-hybridized carbons (Fsp3) is 0.435. The Morgan fingerprint density at radius 1 is 0.897 bits per heavy atom. The SMILES string of the molecule is CCC[NH+](CCC)CCCCc1ccc([N+](=O)[O-])cc1.O=C([O-])c1ccccc1. The predicted octanol–water partition coefficient (Wildman–Crippen LogP) is 2.67. The Labute approximate surface area is 173 Å². The molecule has 2 aromatic carbocycles. The van der Waals surface area contributed by atoms with Crippen LogP contribution >= 0.6 is 0 Å². The van der Waals surface area contributed by atoms with Crippen LogP contribution in [0.25, 0.3) is 0 Å². The number of rotatable bonds is 11. The van der Waals surface area contributed by atoms with Crippen molar-refractivity contribution >= 4 is 11.7 Å². The molecule has 0 saturated carbocycles. The van der Waals surface area contributed by atoms with Gasteiger partial charge >= 0.3 is 0 Å². The highest BCUT2D eigenvalue weighted by molar-refractivity contribution is 5.85. The summed E-state index contributed by atoms with van der Waals surface area (Å²) in [4.78, 5) is 22.0. The van der Waals surface area contributed by atoms with Gasteiger partial charge in [-0.05, 0) is 43.2 Å². The second-order valence-corrected chi connectivity index (χ2v) is 7.03. The minimum Gasteiger partial charge on any atom is -0.545 e. The van der Waals surface area contributed by atoms with Crippen molar-refractivity contribution in [2.24, 2.45) is 0 Å². The van der Waals surface area contributed by atoms with E-state index < -0.39 is 5.97 Å². The van der Waals surface area contributed by atoms with Gasteiger partial charge in [-0.15, -0.1) is 0 Å². The van der Waals surface area contributed by atoms with E-state index >= 15 is 0 Å². The Morgan fingerprint density at radius 3 is 1.93 bits per heavy atom. The molecule has 0 amide bonds. The Hall–Kier alpha value is -2.73. The van der Waals surface area contributed by atoms with E-state index in [2.05, 4.69) is 13.8 Å². The van der Waals surface area contributed by atoms with Gasteiger partial charge in [0.15, 0.2) is 0 Å². The van der Waals surface area contributed by atoms with E-state index in [1.165, 1.54) is 56.6 Å². The molecule has 0 atom stereocenters. The summed E-state index contributed by atoms with van der Waals surface area (Å²) < 4.78 is 0. The van der Waals surface area contributed by atoms with Gasteiger partial charge in [0.25, 0.3) is 5.69 Å². The fourth-order valence-corrected chi connectivity index (χ4v) is 3.14. The number of aromatic carboxylic acids is 1. The van der Waals surface area contributed by atoms with Crippen LogP contribution in [-0.2, 0) is 6.42 Å². The normalized spacial score (nSPS) is 10.3. The minimum atomic E-state index is -1.13. The number of quaternary nitrogens is 1. The molecule has 0 heterocycles. The zero-order chi connectivity index (χ0) is 21.5. The van der Waals surface area contributed by atoms with Gasteiger partial charge < -0.3 is 14.8 Å². The predicted molar refractivity (Wildman–Crippen MR) is 113 cm³/mol. The number of carbonyl (C=O) groups is 1. The molecule has 158 valence electrons. The van der Waals surface area contributed by atoms with Crippen molar-refractivity contribution in [3.05, 3.63) is 75.8 Å². The van der Waals surface area contributed by atoms with Gasteiger partial charge in [-0.2, -0.15) is 0 Å². The maximum Gasteiger partial charge on any atom is 0.269 e. The Balaban J connectivity index is 0.000000387. The number of carboxylic acids is 1. The number of carboxylic acid groups (broad SMARTS) is 1. The van der Waals surface area contributed by atoms with Crippen molar-refractivity contribution < 1.29 is 19.7 Å². The highest BCUT2D eigenvalue weighted by atomic mass is 16.6. The van der Waals surface area contributed by atoms with Crippen LogP contribution in [0, 0.1) is 10.1 Å². The van der Waals surface area contributed by atoms with E-state index in [1.54, 1.807) is 35.2 Å². The summed E-state index contributed by atoms with van der Waals surface area (Å²) in [6.07, 6.45) is 5.90. The van der Waals surface area contributed by atoms with E-state index in [-0.39, 0.29) is 16.2 Å². The maximum atomic E-state index is 10.6. The number of carbonyl (C=O) groups excluding carboxylic acids is 1. The third kappa shape index (κ3) is 10.4. The molecular formula is C23H32N2O4. The molecule has 0 fully saturated rings. The van der Waals surface area contributed by atoms with Crippen LogP contribution < -0.4 is 10.0 Å². The van der Waals surface area contributed by atoms with Crippen LogP contribution in [0.3, 0.4) is 0 Å². The minimum absolute atomic E-state index is 0.176. The number of aryl methyl sites for hydroxylation is 1. The van der Waals surface area contributed by atoms with Crippen molar-refractivity contribution in [1.29, 1.82) is 0 Å². The lowest BCUT2D eigenvalue weighted by Crippen LogP contribution is -3.12. The van der Waals surface area contributed by atoms with Gasteiger partial charge in [0.05, 0.1) is 30.5 Å². The van der Waals surface area contributed by atoms with Gasteiger partial charge in [0.2, 0.25) is 0 Å². The number of hydrogen-bond acceptors (Lipinski definition) is 4. The highest BCUT2D eigenvalue weighted by Gasteiger charge is 2.06. The van der Waals surface area contributed by atoms with Crippen LogP contribution in [0.15, 0.2) is 54.6 Å². The number of benzene rings is 2. The number of nitrogens with one attached hydrogen (secondary N) is 1. The second kappa shape index (κ2) is 14.3. The average molecular weight is 401 g/mol. The van der Waals surface area contributed by atoms with Gasteiger partial charge in [-0.3, -0.25) is 10.1 Å². The lowest BCUT2D eigenvalue weighted by Gasteiger charge is -2.17. The number of nitro groups is 1. The Bertz CT molecular complexity index is 711. The molecule has 0 unspecified atom stereocenters. The second-order valence-electron chi connectivity index (χ2n) is 7.03. The van der Waals surface area contributed by atoms with Gasteiger partial charge in [0.1, 0.15) is 0 Å². The number of non-ortho nitro benzene ring substituents is 1. The smallest absolute Gasteiger partial charge is 0.269 e. The molecule has 0 aliphatic heterocycles. The van der Waals surface area contributed by atoms with Crippen molar-refractivity contribution in [1.82, 2.24) is 0 Å². The van der Waals surface area contributed by atoms with E-state index in [0.29, 0.717) is 0 Å². The monoisotopic (exact) mass is 400 g/mol. The first-order valence-corrected chi connectivity index (χ1v) is 10.3.